The van der Waals surface area contributed by atoms with Crippen LogP contribution in [0.25, 0.3) is 0 Å². The zero-order valence-corrected chi connectivity index (χ0v) is 19.3. The van der Waals surface area contributed by atoms with E-state index in [0.29, 0.717) is 29.6 Å². The Morgan fingerprint density at radius 1 is 1.10 bits per heavy atom. The topological polar surface area (TPSA) is 68.0 Å². The summed E-state index contributed by atoms with van der Waals surface area (Å²) in [7, 11) is 0. The van der Waals surface area contributed by atoms with Gasteiger partial charge in [0.2, 0.25) is 0 Å². The highest BCUT2D eigenvalue weighted by Crippen LogP contribution is 2.68. The summed E-state index contributed by atoms with van der Waals surface area (Å²) in [5.74, 6) is 9.78. The molecule has 4 fully saturated rings. The van der Waals surface area contributed by atoms with Crippen LogP contribution in [0.2, 0.25) is 0 Å². The third-order valence-corrected chi connectivity index (χ3v) is 10.3. The van der Waals surface area contributed by atoms with E-state index >= 15 is 0 Å². The summed E-state index contributed by atoms with van der Waals surface area (Å²) in [6.45, 7) is 7.23. The van der Waals surface area contributed by atoms with E-state index < -0.39 is 5.60 Å². The van der Waals surface area contributed by atoms with E-state index in [-0.39, 0.29) is 11.3 Å². The van der Waals surface area contributed by atoms with Crippen molar-refractivity contribution in [2.45, 2.75) is 90.7 Å². The fourth-order valence-electron chi connectivity index (χ4n) is 8.63. The Balaban J connectivity index is 1.31. The van der Waals surface area contributed by atoms with Crippen molar-refractivity contribution >= 4 is 5.78 Å². The zero-order valence-electron chi connectivity index (χ0n) is 19.3. The van der Waals surface area contributed by atoms with Crippen molar-refractivity contribution in [3.05, 3.63) is 12.4 Å². The van der Waals surface area contributed by atoms with E-state index in [9.17, 15) is 9.90 Å². The molecule has 168 valence electrons. The smallest absolute Gasteiger partial charge is 0.133 e. The van der Waals surface area contributed by atoms with Gasteiger partial charge in [-0.15, -0.1) is 5.10 Å². The van der Waals surface area contributed by atoms with Crippen LogP contribution in [0.15, 0.2) is 12.4 Å². The number of ketones is 1. The van der Waals surface area contributed by atoms with Crippen LogP contribution in [0.4, 0.5) is 0 Å². The minimum atomic E-state index is -0.867. The average molecular weight is 424 g/mol. The van der Waals surface area contributed by atoms with Crippen LogP contribution < -0.4 is 0 Å². The van der Waals surface area contributed by atoms with Gasteiger partial charge in [0, 0.05) is 12.1 Å². The SMILES string of the molecule is CC(=O)[C@H]1CC[C@H]2[C@@H]3CCC4CC(O)(C#CCn5ccnn5)CC[C@]4(C)[C@H]3CC[C@]12C. The number of aromatic nitrogens is 3. The third kappa shape index (κ3) is 3.37. The van der Waals surface area contributed by atoms with Crippen LogP contribution >= 0.6 is 0 Å². The van der Waals surface area contributed by atoms with Crippen molar-refractivity contribution < 1.29 is 9.90 Å². The summed E-state index contributed by atoms with van der Waals surface area (Å²) >= 11 is 0. The molecule has 5 rings (SSSR count). The van der Waals surface area contributed by atoms with Gasteiger partial charge in [-0.1, -0.05) is 30.9 Å². The number of aliphatic hydroxyl groups is 1. The van der Waals surface area contributed by atoms with Gasteiger partial charge in [0.15, 0.2) is 0 Å². The highest BCUT2D eigenvalue weighted by atomic mass is 16.3. The summed E-state index contributed by atoms with van der Waals surface area (Å²) < 4.78 is 1.70. The lowest BCUT2D eigenvalue weighted by molar-refractivity contribution is -0.144. The van der Waals surface area contributed by atoms with Crippen LogP contribution in [0.1, 0.15) is 78.6 Å². The van der Waals surface area contributed by atoms with Crippen molar-refractivity contribution in [1.29, 1.82) is 0 Å². The molecule has 5 nitrogen and oxygen atoms in total. The molecule has 2 unspecified atom stereocenters. The molecule has 0 saturated heterocycles. The van der Waals surface area contributed by atoms with Gasteiger partial charge in [-0.25, -0.2) is 4.68 Å². The van der Waals surface area contributed by atoms with E-state index in [1.165, 1.54) is 32.1 Å². The second-order valence-electron chi connectivity index (χ2n) is 11.6. The quantitative estimate of drug-likeness (QED) is 0.722. The van der Waals surface area contributed by atoms with Gasteiger partial charge in [0.05, 0.1) is 6.20 Å². The van der Waals surface area contributed by atoms with Crippen LogP contribution in [0.3, 0.4) is 0 Å². The molecule has 0 radical (unpaired) electrons. The summed E-state index contributed by atoms with van der Waals surface area (Å²) in [6.07, 6.45) is 13.3. The lowest BCUT2D eigenvalue weighted by Crippen LogP contribution is -2.56. The number of fused-ring (bicyclic) bond motifs is 5. The van der Waals surface area contributed by atoms with Gasteiger partial charge in [-0.2, -0.15) is 0 Å². The molecule has 1 N–H and O–H groups in total. The Hall–Kier alpha value is -1.67. The predicted molar refractivity (Wildman–Crippen MR) is 119 cm³/mol. The minimum Gasteiger partial charge on any atom is -0.378 e. The van der Waals surface area contributed by atoms with Gasteiger partial charge >= 0.3 is 0 Å². The monoisotopic (exact) mass is 423 g/mol. The lowest BCUT2D eigenvalue weighted by Gasteiger charge is -2.61. The molecule has 0 amide bonds. The minimum absolute atomic E-state index is 0.221. The van der Waals surface area contributed by atoms with Crippen molar-refractivity contribution in [1.82, 2.24) is 15.0 Å². The molecule has 0 spiro atoms. The first kappa shape index (κ1) is 21.2. The number of nitrogens with zero attached hydrogens (tertiary/aromatic N) is 3. The highest BCUT2D eigenvalue weighted by molar-refractivity contribution is 5.79. The first-order valence-corrected chi connectivity index (χ1v) is 12.3. The van der Waals surface area contributed by atoms with Crippen molar-refractivity contribution in [3.63, 3.8) is 0 Å². The van der Waals surface area contributed by atoms with Gasteiger partial charge in [0.1, 0.15) is 17.9 Å². The number of rotatable bonds is 2. The van der Waals surface area contributed by atoms with Crippen molar-refractivity contribution in [3.8, 4) is 11.8 Å². The van der Waals surface area contributed by atoms with Crippen molar-refractivity contribution in [2.75, 3.05) is 0 Å². The van der Waals surface area contributed by atoms with E-state index in [2.05, 4.69) is 36.0 Å². The number of carbonyl (C=O) groups is 1. The molecule has 1 aromatic rings. The van der Waals surface area contributed by atoms with E-state index in [1.807, 2.05) is 6.92 Å². The van der Waals surface area contributed by atoms with E-state index in [4.69, 9.17) is 0 Å². The maximum absolute atomic E-state index is 12.3. The molecule has 4 saturated carbocycles. The zero-order chi connectivity index (χ0) is 21.9. The highest BCUT2D eigenvalue weighted by Gasteiger charge is 2.61. The Kier molecular flexibility index (Phi) is 5.09. The van der Waals surface area contributed by atoms with Crippen molar-refractivity contribution in [2.24, 2.45) is 40.4 Å². The summed E-state index contributed by atoms with van der Waals surface area (Å²) in [6, 6.07) is 0. The fourth-order valence-corrected chi connectivity index (χ4v) is 8.63. The summed E-state index contributed by atoms with van der Waals surface area (Å²) in [5.41, 5.74) is -0.343. The maximum atomic E-state index is 12.3. The third-order valence-electron chi connectivity index (χ3n) is 10.3. The Labute approximate surface area is 186 Å². The number of carbonyl (C=O) groups excluding carboxylic acids is 1. The molecule has 8 atom stereocenters. The van der Waals surface area contributed by atoms with E-state index in [0.717, 1.165) is 37.5 Å². The molecule has 5 heteroatoms. The molecule has 4 aliphatic rings. The molecular weight excluding hydrogens is 386 g/mol. The van der Waals surface area contributed by atoms with E-state index in [1.54, 1.807) is 17.1 Å². The molecular formula is C26H37N3O2. The molecule has 1 heterocycles. The molecule has 0 aromatic carbocycles. The number of Topliss-reactive ketones (excluding diaryl/α,β-unsaturated/α-hetero) is 1. The Bertz CT molecular complexity index is 901. The van der Waals surface area contributed by atoms with Gasteiger partial charge < -0.3 is 5.11 Å². The van der Waals surface area contributed by atoms with Crippen LogP contribution in [-0.2, 0) is 11.3 Å². The van der Waals surface area contributed by atoms with Crippen LogP contribution in [0, 0.1) is 52.3 Å². The molecule has 4 aliphatic carbocycles. The van der Waals surface area contributed by atoms with Gasteiger partial charge in [0.25, 0.3) is 0 Å². The summed E-state index contributed by atoms with van der Waals surface area (Å²) in [5, 5.41) is 19.0. The van der Waals surface area contributed by atoms with Crippen LogP contribution in [-0.4, -0.2) is 31.5 Å². The predicted octanol–water partition coefficient (Wildman–Crippen LogP) is 4.26. The summed E-state index contributed by atoms with van der Waals surface area (Å²) in [4.78, 5) is 12.3. The maximum Gasteiger partial charge on any atom is 0.133 e. The first-order chi connectivity index (χ1) is 14.8. The van der Waals surface area contributed by atoms with Crippen LogP contribution in [0.5, 0.6) is 0 Å². The first-order valence-electron chi connectivity index (χ1n) is 12.3. The van der Waals surface area contributed by atoms with Gasteiger partial charge in [-0.3, -0.25) is 4.79 Å². The Morgan fingerprint density at radius 3 is 2.65 bits per heavy atom. The largest absolute Gasteiger partial charge is 0.378 e. The Morgan fingerprint density at radius 2 is 1.90 bits per heavy atom. The molecule has 31 heavy (non-hydrogen) atoms. The number of hydrogen-bond acceptors (Lipinski definition) is 4. The molecule has 0 aliphatic heterocycles. The second kappa shape index (κ2) is 7.44. The fraction of sp³-hybridized carbons (Fsp3) is 0.808. The molecule has 1 aromatic heterocycles. The van der Waals surface area contributed by atoms with Gasteiger partial charge in [-0.05, 0) is 99.2 Å². The molecule has 0 bridgehead atoms. The lowest BCUT2D eigenvalue weighted by atomic mass is 9.44. The second-order valence-corrected chi connectivity index (χ2v) is 11.6. The number of hydrogen-bond donors (Lipinski definition) is 1. The average Bonchev–Trinajstić information content (AvgIpc) is 3.36. The normalized spacial score (nSPS) is 46.3. The standard InChI is InChI=1S/C26H37N3O2/c1-18(30)21-7-8-22-20-6-5-19-17-26(31,10-4-15-29-16-14-27-28-29)13-12-24(19,2)23(20)9-11-25(21,22)3/h14,16,19-23,31H,5-9,11-13,15,17H2,1-3H3/t19?,20-,21+,22-,23-,24-,25+,26?/m0/s1.